The van der Waals surface area contributed by atoms with Crippen LogP contribution in [0.3, 0.4) is 0 Å². The summed E-state index contributed by atoms with van der Waals surface area (Å²) in [6.07, 6.45) is 0. The number of anilines is 1. The summed E-state index contributed by atoms with van der Waals surface area (Å²) in [4.78, 5) is 11.7. The third-order valence-corrected chi connectivity index (χ3v) is 5.08. The second kappa shape index (κ2) is 5.93. The minimum Gasteiger partial charge on any atom is -0.295 e. The molecular weight excluding hydrogens is 298 g/mol. The van der Waals surface area contributed by atoms with Gasteiger partial charge in [-0.15, -0.1) is 0 Å². The van der Waals surface area contributed by atoms with Gasteiger partial charge in [-0.2, -0.15) is 0 Å². The van der Waals surface area contributed by atoms with Gasteiger partial charge in [-0.1, -0.05) is 29.8 Å². The fourth-order valence-corrected chi connectivity index (χ4v) is 4.10. The number of rotatable bonds is 4. The fourth-order valence-electron chi connectivity index (χ4n) is 2.60. The predicted molar refractivity (Wildman–Crippen MR) is 87.9 cm³/mol. The van der Waals surface area contributed by atoms with E-state index in [1.165, 1.54) is 6.92 Å². The molecule has 0 saturated heterocycles. The van der Waals surface area contributed by atoms with Crippen molar-refractivity contribution in [3.05, 3.63) is 58.7 Å². The molecule has 0 saturated carbocycles. The Morgan fingerprint density at radius 3 is 2.14 bits per heavy atom. The second-order valence-electron chi connectivity index (χ2n) is 5.47. The zero-order valence-corrected chi connectivity index (χ0v) is 13.9. The maximum Gasteiger partial charge on any atom is 0.262 e. The van der Waals surface area contributed by atoms with Gasteiger partial charge in [0.2, 0.25) is 0 Å². The fraction of sp³-hybridized carbons (Fsp3) is 0.235. The molecule has 0 bridgehead atoms. The molecule has 4 nitrogen and oxygen atoms in total. The van der Waals surface area contributed by atoms with Crippen LogP contribution >= 0.6 is 0 Å². The second-order valence-corrected chi connectivity index (χ2v) is 7.09. The topological polar surface area (TPSA) is 63.2 Å². The van der Waals surface area contributed by atoms with Crippen LogP contribution in [0.1, 0.15) is 34.0 Å². The molecule has 0 aliphatic carbocycles. The van der Waals surface area contributed by atoms with Crippen molar-refractivity contribution in [2.75, 3.05) is 4.72 Å². The molecule has 22 heavy (non-hydrogen) atoms. The lowest BCUT2D eigenvalue weighted by Crippen LogP contribution is -2.16. The summed E-state index contributed by atoms with van der Waals surface area (Å²) in [7, 11) is -3.70. The quantitative estimate of drug-likeness (QED) is 0.876. The van der Waals surface area contributed by atoms with E-state index in [2.05, 4.69) is 4.72 Å². The van der Waals surface area contributed by atoms with E-state index < -0.39 is 10.0 Å². The van der Waals surface area contributed by atoms with E-state index in [1.54, 1.807) is 38.1 Å². The number of benzene rings is 2. The van der Waals surface area contributed by atoms with Crippen LogP contribution in [-0.2, 0) is 10.0 Å². The van der Waals surface area contributed by atoms with Crippen LogP contribution < -0.4 is 4.72 Å². The Morgan fingerprint density at radius 2 is 1.59 bits per heavy atom. The molecule has 0 atom stereocenters. The van der Waals surface area contributed by atoms with Gasteiger partial charge in [-0.25, -0.2) is 8.42 Å². The molecule has 0 aromatic heterocycles. The minimum atomic E-state index is -3.70. The van der Waals surface area contributed by atoms with Gasteiger partial charge < -0.3 is 0 Å². The summed E-state index contributed by atoms with van der Waals surface area (Å²) >= 11 is 0. The number of hydrogen-bond acceptors (Lipinski definition) is 3. The average Bonchev–Trinajstić information content (AvgIpc) is 2.36. The Hall–Kier alpha value is -2.14. The smallest absolute Gasteiger partial charge is 0.262 e. The highest BCUT2D eigenvalue weighted by Crippen LogP contribution is 2.24. The molecule has 0 aliphatic rings. The standard InChI is InChI=1S/C17H19NO3S/c1-11-8-12(2)17(13(3)9-11)22(20,21)18-16-7-5-6-15(10-16)14(4)19/h5-10,18H,1-4H3. The Morgan fingerprint density at radius 1 is 1.00 bits per heavy atom. The Labute approximate surface area is 131 Å². The van der Waals surface area contributed by atoms with Gasteiger partial charge in [0.15, 0.2) is 5.78 Å². The number of carbonyl (C=O) groups is 1. The van der Waals surface area contributed by atoms with E-state index in [9.17, 15) is 13.2 Å². The van der Waals surface area contributed by atoms with E-state index in [4.69, 9.17) is 0 Å². The van der Waals surface area contributed by atoms with Crippen LogP contribution in [0, 0.1) is 20.8 Å². The van der Waals surface area contributed by atoms with Gasteiger partial charge >= 0.3 is 0 Å². The summed E-state index contributed by atoms with van der Waals surface area (Å²) < 4.78 is 27.8. The monoisotopic (exact) mass is 317 g/mol. The lowest BCUT2D eigenvalue weighted by Gasteiger charge is -2.14. The average molecular weight is 317 g/mol. The highest BCUT2D eigenvalue weighted by atomic mass is 32.2. The van der Waals surface area contributed by atoms with Crippen LogP contribution in [0.4, 0.5) is 5.69 Å². The first-order valence-corrected chi connectivity index (χ1v) is 8.40. The van der Waals surface area contributed by atoms with Crippen LogP contribution in [0.25, 0.3) is 0 Å². The lowest BCUT2D eigenvalue weighted by atomic mass is 10.1. The third-order valence-electron chi connectivity index (χ3n) is 3.39. The Kier molecular flexibility index (Phi) is 4.37. The van der Waals surface area contributed by atoms with Crippen molar-refractivity contribution in [1.82, 2.24) is 0 Å². The van der Waals surface area contributed by atoms with Crippen molar-refractivity contribution in [1.29, 1.82) is 0 Å². The van der Waals surface area contributed by atoms with E-state index in [-0.39, 0.29) is 10.7 Å². The molecule has 0 radical (unpaired) electrons. The number of ketones is 1. The number of aryl methyl sites for hydroxylation is 3. The van der Waals surface area contributed by atoms with Gasteiger partial charge in [0.05, 0.1) is 4.90 Å². The summed E-state index contributed by atoms with van der Waals surface area (Å²) in [5, 5.41) is 0. The number of carbonyl (C=O) groups excluding carboxylic acids is 1. The lowest BCUT2D eigenvalue weighted by molar-refractivity contribution is 0.101. The van der Waals surface area contributed by atoms with Crippen molar-refractivity contribution in [2.24, 2.45) is 0 Å². The first kappa shape index (κ1) is 16.2. The summed E-state index contributed by atoms with van der Waals surface area (Å²) in [6, 6.07) is 10.2. The molecule has 116 valence electrons. The first-order chi connectivity index (χ1) is 10.2. The molecule has 0 amide bonds. The number of hydrogen-bond donors (Lipinski definition) is 1. The zero-order valence-electron chi connectivity index (χ0n) is 13.1. The summed E-state index contributed by atoms with van der Waals surface area (Å²) in [6.45, 7) is 6.93. The molecular formula is C17H19NO3S. The first-order valence-electron chi connectivity index (χ1n) is 6.92. The molecule has 0 aliphatic heterocycles. The molecule has 1 N–H and O–H groups in total. The van der Waals surface area contributed by atoms with Gasteiger partial charge in [0.1, 0.15) is 0 Å². The van der Waals surface area contributed by atoms with Crippen LogP contribution in [0.15, 0.2) is 41.3 Å². The molecule has 0 fully saturated rings. The molecule has 2 rings (SSSR count). The molecule has 5 heteroatoms. The maximum absolute atomic E-state index is 12.6. The van der Waals surface area contributed by atoms with Gasteiger partial charge in [-0.3, -0.25) is 9.52 Å². The van der Waals surface area contributed by atoms with Crippen LogP contribution in [0.5, 0.6) is 0 Å². The number of Topliss-reactive ketones (excluding diaryl/α,β-unsaturated/α-hetero) is 1. The third kappa shape index (κ3) is 3.36. The van der Waals surface area contributed by atoms with E-state index in [0.717, 1.165) is 5.56 Å². The summed E-state index contributed by atoms with van der Waals surface area (Å²) in [5.41, 5.74) is 3.28. The van der Waals surface area contributed by atoms with Crippen molar-refractivity contribution >= 4 is 21.5 Å². The zero-order chi connectivity index (χ0) is 16.5. The minimum absolute atomic E-state index is 0.108. The number of sulfonamides is 1. The highest BCUT2D eigenvalue weighted by molar-refractivity contribution is 7.92. The van der Waals surface area contributed by atoms with Crippen molar-refractivity contribution in [2.45, 2.75) is 32.6 Å². The largest absolute Gasteiger partial charge is 0.295 e. The van der Waals surface area contributed by atoms with Crippen LogP contribution in [-0.4, -0.2) is 14.2 Å². The van der Waals surface area contributed by atoms with Crippen LogP contribution in [0.2, 0.25) is 0 Å². The Bertz CT molecular complexity index is 816. The molecule has 0 heterocycles. The van der Waals surface area contributed by atoms with E-state index in [1.807, 2.05) is 19.1 Å². The van der Waals surface area contributed by atoms with Crippen molar-refractivity contribution < 1.29 is 13.2 Å². The van der Waals surface area contributed by atoms with Gasteiger partial charge in [-0.05, 0) is 51.0 Å². The SMILES string of the molecule is CC(=O)c1cccc(NS(=O)(=O)c2c(C)cc(C)cc2C)c1. The van der Waals surface area contributed by atoms with E-state index >= 15 is 0 Å². The van der Waals surface area contributed by atoms with Gasteiger partial charge in [0.25, 0.3) is 10.0 Å². The normalized spacial score (nSPS) is 11.3. The predicted octanol–water partition coefficient (Wildman–Crippen LogP) is 3.62. The van der Waals surface area contributed by atoms with Crippen molar-refractivity contribution in [3.8, 4) is 0 Å². The number of nitrogens with one attached hydrogen (secondary N) is 1. The van der Waals surface area contributed by atoms with E-state index in [0.29, 0.717) is 22.4 Å². The van der Waals surface area contributed by atoms with Gasteiger partial charge in [0, 0.05) is 11.3 Å². The highest BCUT2D eigenvalue weighted by Gasteiger charge is 2.20. The Balaban J connectivity index is 2.45. The molecule has 2 aromatic rings. The molecule has 0 unspecified atom stereocenters. The molecule has 2 aromatic carbocycles. The summed E-state index contributed by atoms with van der Waals surface area (Å²) in [5.74, 6) is -0.108. The van der Waals surface area contributed by atoms with Crippen molar-refractivity contribution in [3.63, 3.8) is 0 Å². The molecule has 0 spiro atoms. The maximum atomic E-state index is 12.6.